The summed E-state index contributed by atoms with van der Waals surface area (Å²) in [6, 6.07) is 0. The fraction of sp³-hybridized carbons (Fsp3) is 0.900. The van der Waals surface area contributed by atoms with Crippen LogP contribution in [0.4, 0.5) is 0 Å². The number of carbonyl (C=O) groups is 1. The second kappa shape index (κ2) is 4.04. The van der Waals surface area contributed by atoms with Crippen molar-refractivity contribution in [3.8, 4) is 0 Å². The molecule has 0 bridgehead atoms. The molecule has 2 atom stereocenters. The minimum atomic E-state index is -0.160. The van der Waals surface area contributed by atoms with Crippen LogP contribution in [0.25, 0.3) is 0 Å². The molecule has 0 aromatic heterocycles. The molecule has 0 amide bonds. The van der Waals surface area contributed by atoms with Crippen LogP contribution in [-0.2, 0) is 9.53 Å². The molecule has 0 radical (unpaired) electrons. The van der Waals surface area contributed by atoms with Gasteiger partial charge in [0, 0.05) is 12.5 Å². The highest BCUT2D eigenvalue weighted by atomic mass is 16.5. The Labute approximate surface area is 74.3 Å². The molecular weight excluding hydrogens is 152 g/mol. The highest BCUT2D eigenvalue weighted by Crippen LogP contribution is 2.37. The molecule has 1 rings (SSSR count). The molecule has 1 fully saturated rings. The molecule has 0 aromatic carbocycles. The standard InChI is InChI=1S/C10H18O2/c1-9-4-3-5-10(6-9,7-11)8-12-2/h7,9H,3-6,8H2,1-2H3. The van der Waals surface area contributed by atoms with E-state index in [-0.39, 0.29) is 5.41 Å². The zero-order chi connectivity index (χ0) is 9.03. The first kappa shape index (κ1) is 9.72. The highest BCUT2D eigenvalue weighted by Gasteiger charge is 2.34. The number of carbonyl (C=O) groups excluding carboxylic acids is 1. The summed E-state index contributed by atoms with van der Waals surface area (Å²) in [7, 11) is 1.67. The topological polar surface area (TPSA) is 26.3 Å². The van der Waals surface area contributed by atoms with Gasteiger partial charge >= 0.3 is 0 Å². The first-order valence-corrected chi connectivity index (χ1v) is 4.68. The van der Waals surface area contributed by atoms with E-state index in [1.54, 1.807) is 7.11 Å². The maximum atomic E-state index is 10.9. The van der Waals surface area contributed by atoms with Gasteiger partial charge in [0.2, 0.25) is 0 Å². The van der Waals surface area contributed by atoms with Gasteiger partial charge in [0.1, 0.15) is 6.29 Å². The van der Waals surface area contributed by atoms with Crippen LogP contribution in [0.5, 0.6) is 0 Å². The van der Waals surface area contributed by atoms with Crippen molar-refractivity contribution in [3.63, 3.8) is 0 Å². The lowest BCUT2D eigenvalue weighted by atomic mass is 9.71. The molecule has 1 saturated carbocycles. The molecule has 0 saturated heterocycles. The van der Waals surface area contributed by atoms with Gasteiger partial charge in [-0.25, -0.2) is 0 Å². The lowest BCUT2D eigenvalue weighted by molar-refractivity contribution is -0.122. The van der Waals surface area contributed by atoms with E-state index in [9.17, 15) is 4.79 Å². The van der Waals surface area contributed by atoms with Crippen molar-refractivity contribution in [1.82, 2.24) is 0 Å². The Morgan fingerprint density at radius 3 is 2.92 bits per heavy atom. The SMILES string of the molecule is COCC1(C=O)CCCC(C)C1. The van der Waals surface area contributed by atoms with Crippen molar-refractivity contribution in [3.05, 3.63) is 0 Å². The van der Waals surface area contributed by atoms with E-state index in [1.807, 2.05) is 0 Å². The van der Waals surface area contributed by atoms with Gasteiger partial charge in [0.15, 0.2) is 0 Å². The van der Waals surface area contributed by atoms with E-state index in [0.717, 1.165) is 19.1 Å². The van der Waals surface area contributed by atoms with E-state index in [0.29, 0.717) is 12.5 Å². The zero-order valence-electron chi connectivity index (χ0n) is 8.01. The van der Waals surface area contributed by atoms with Gasteiger partial charge in [-0.2, -0.15) is 0 Å². The molecule has 2 unspecified atom stereocenters. The lowest BCUT2D eigenvalue weighted by Crippen LogP contribution is -2.33. The van der Waals surface area contributed by atoms with E-state index < -0.39 is 0 Å². The molecular formula is C10H18O2. The summed E-state index contributed by atoms with van der Waals surface area (Å²) in [5.74, 6) is 0.680. The molecule has 1 aliphatic carbocycles. The third kappa shape index (κ3) is 2.07. The van der Waals surface area contributed by atoms with Crippen molar-refractivity contribution in [2.45, 2.75) is 32.6 Å². The van der Waals surface area contributed by atoms with E-state index in [2.05, 4.69) is 6.92 Å². The van der Waals surface area contributed by atoms with E-state index in [4.69, 9.17) is 4.74 Å². The lowest BCUT2D eigenvalue weighted by Gasteiger charge is -2.34. The predicted molar refractivity (Wildman–Crippen MR) is 48.0 cm³/mol. The number of rotatable bonds is 3. The third-order valence-corrected chi connectivity index (χ3v) is 2.81. The van der Waals surface area contributed by atoms with Crippen LogP contribution in [-0.4, -0.2) is 20.0 Å². The highest BCUT2D eigenvalue weighted by molar-refractivity contribution is 5.59. The summed E-state index contributed by atoms with van der Waals surface area (Å²) >= 11 is 0. The van der Waals surface area contributed by atoms with Crippen molar-refractivity contribution in [2.24, 2.45) is 11.3 Å². The maximum absolute atomic E-state index is 10.9. The summed E-state index contributed by atoms with van der Waals surface area (Å²) in [4.78, 5) is 10.9. The third-order valence-electron chi connectivity index (χ3n) is 2.81. The van der Waals surface area contributed by atoms with Crippen LogP contribution in [0.3, 0.4) is 0 Å². The second-order valence-electron chi connectivity index (χ2n) is 4.11. The van der Waals surface area contributed by atoms with Crippen molar-refractivity contribution >= 4 is 6.29 Å². The monoisotopic (exact) mass is 170 g/mol. The molecule has 0 aromatic rings. The maximum Gasteiger partial charge on any atom is 0.128 e. The second-order valence-corrected chi connectivity index (χ2v) is 4.11. The first-order chi connectivity index (χ1) is 5.72. The summed E-state index contributed by atoms with van der Waals surface area (Å²) in [6.45, 7) is 2.81. The molecule has 2 nitrogen and oxygen atoms in total. The largest absolute Gasteiger partial charge is 0.384 e. The molecule has 70 valence electrons. The van der Waals surface area contributed by atoms with Gasteiger partial charge in [0.05, 0.1) is 6.61 Å². The summed E-state index contributed by atoms with van der Waals surface area (Å²) in [5, 5.41) is 0. The smallest absolute Gasteiger partial charge is 0.128 e. The Kier molecular flexibility index (Phi) is 3.27. The van der Waals surface area contributed by atoms with Crippen LogP contribution in [0.2, 0.25) is 0 Å². The Morgan fingerprint density at radius 2 is 2.42 bits per heavy atom. The summed E-state index contributed by atoms with van der Waals surface area (Å²) < 4.78 is 5.09. The zero-order valence-corrected chi connectivity index (χ0v) is 8.01. The van der Waals surface area contributed by atoms with E-state index in [1.165, 1.54) is 12.8 Å². The number of hydrogen-bond donors (Lipinski definition) is 0. The van der Waals surface area contributed by atoms with Crippen LogP contribution in [0.1, 0.15) is 32.6 Å². The fourth-order valence-corrected chi connectivity index (χ4v) is 2.26. The molecule has 12 heavy (non-hydrogen) atoms. The van der Waals surface area contributed by atoms with Gasteiger partial charge in [0.25, 0.3) is 0 Å². The van der Waals surface area contributed by atoms with Gasteiger partial charge in [-0.1, -0.05) is 19.8 Å². The predicted octanol–water partition coefficient (Wildman–Crippen LogP) is 2.03. The molecule has 0 spiro atoms. The number of aldehydes is 1. The number of ether oxygens (including phenoxy) is 1. The molecule has 0 N–H and O–H groups in total. The Morgan fingerprint density at radius 1 is 1.67 bits per heavy atom. The van der Waals surface area contributed by atoms with Gasteiger partial charge in [-0.05, 0) is 18.8 Å². The number of methoxy groups -OCH3 is 1. The molecule has 2 heteroatoms. The average Bonchev–Trinajstić information content (AvgIpc) is 2.05. The van der Waals surface area contributed by atoms with Crippen LogP contribution >= 0.6 is 0 Å². The Bertz CT molecular complexity index is 152. The molecule has 0 aliphatic heterocycles. The molecule has 1 aliphatic rings. The van der Waals surface area contributed by atoms with E-state index >= 15 is 0 Å². The quantitative estimate of drug-likeness (QED) is 0.606. The minimum absolute atomic E-state index is 0.160. The van der Waals surface area contributed by atoms with Crippen molar-refractivity contribution in [2.75, 3.05) is 13.7 Å². The Hall–Kier alpha value is -0.370. The van der Waals surface area contributed by atoms with Crippen LogP contribution in [0.15, 0.2) is 0 Å². The van der Waals surface area contributed by atoms with Gasteiger partial charge < -0.3 is 9.53 Å². The van der Waals surface area contributed by atoms with Crippen LogP contribution < -0.4 is 0 Å². The first-order valence-electron chi connectivity index (χ1n) is 4.68. The molecule has 0 heterocycles. The minimum Gasteiger partial charge on any atom is -0.384 e. The fourth-order valence-electron chi connectivity index (χ4n) is 2.26. The summed E-state index contributed by atoms with van der Waals surface area (Å²) in [5.41, 5.74) is -0.160. The normalized spacial score (nSPS) is 36.3. The Balaban J connectivity index is 2.57. The summed E-state index contributed by atoms with van der Waals surface area (Å²) in [6.07, 6.45) is 5.55. The van der Waals surface area contributed by atoms with Crippen LogP contribution in [0, 0.1) is 11.3 Å². The van der Waals surface area contributed by atoms with Crippen molar-refractivity contribution in [1.29, 1.82) is 0 Å². The number of hydrogen-bond acceptors (Lipinski definition) is 2. The van der Waals surface area contributed by atoms with Gasteiger partial charge in [-0.3, -0.25) is 0 Å². The average molecular weight is 170 g/mol. The van der Waals surface area contributed by atoms with Crippen molar-refractivity contribution < 1.29 is 9.53 Å². The van der Waals surface area contributed by atoms with Gasteiger partial charge in [-0.15, -0.1) is 0 Å².